The average Bonchev–Trinajstić information content (AvgIpc) is 2.79. The van der Waals surface area contributed by atoms with Crippen LogP contribution in [0.25, 0.3) is 0 Å². The number of sulfonamides is 1. The third kappa shape index (κ3) is 6.98. The predicted octanol–water partition coefficient (Wildman–Crippen LogP) is 5.21. The SMILES string of the molecule is CCOc1ccc(NS(=O)(=O)c2ccc(OCC(=O)N[C@@H](C)c3cccc(Br)c3)c(C)c2)cc1. The first-order valence-corrected chi connectivity index (χ1v) is 13.0. The normalized spacial score (nSPS) is 12.0. The summed E-state index contributed by atoms with van der Waals surface area (Å²) in [5.74, 6) is 0.823. The Hall–Kier alpha value is -3.04. The highest BCUT2D eigenvalue weighted by Crippen LogP contribution is 2.25. The molecular weight excluding hydrogens is 520 g/mol. The quantitative estimate of drug-likeness (QED) is 0.364. The van der Waals surface area contributed by atoms with Crippen LogP contribution in [-0.2, 0) is 14.8 Å². The van der Waals surface area contributed by atoms with E-state index in [0.29, 0.717) is 29.4 Å². The highest BCUT2D eigenvalue weighted by atomic mass is 79.9. The van der Waals surface area contributed by atoms with Gasteiger partial charge in [-0.05, 0) is 86.5 Å². The molecule has 3 aromatic rings. The second kappa shape index (κ2) is 11.4. The number of benzene rings is 3. The number of amides is 1. The minimum Gasteiger partial charge on any atom is -0.494 e. The van der Waals surface area contributed by atoms with Crippen LogP contribution in [0.5, 0.6) is 11.5 Å². The van der Waals surface area contributed by atoms with Crippen molar-refractivity contribution < 1.29 is 22.7 Å². The summed E-state index contributed by atoms with van der Waals surface area (Å²) in [5.41, 5.74) is 1.99. The van der Waals surface area contributed by atoms with E-state index in [4.69, 9.17) is 9.47 Å². The summed E-state index contributed by atoms with van der Waals surface area (Å²) in [6, 6.07) is 18.7. The van der Waals surface area contributed by atoms with Gasteiger partial charge in [0.25, 0.3) is 15.9 Å². The molecule has 0 aromatic heterocycles. The smallest absolute Gasteiger partial charge is 0.261 e. The van der Waals surface area contributed by atoms with Crippen molar-refractivity contribution in [1.29, 1.82) is 0 Å². The van der Waals surface area contributed by atoms with Crippen molar-refractivity contribution in [3.8, 4) is 11.5 Å². The molecule has 0 aliphatic heterocycles. The van der Waals surface area contributed by atoms with Gasteiger partial charge in [0.15, 0.2) is 6.61 Å². The Bertz CT molecular complexity index is 1250. The molecule has 1 amide bonds. The van der Waals surface area contributed by atoms with Gasteiger partial charge in [0.1, 0.15) is 11.5 Å². The number of ether oxygens (including phenoxy) is 2. The summed E-state index contributed by atoms with van der Waals surface area (Å²) < 4.78 is 40.0. The number of hydrogen-bond donors (Lipinski definition) is 2. The molecule has 0 aliphatic carbocycles. The van der Waals surface area contributed by atoms with Gasteiger partial charge in [-0.2, -0.15) is 0 Å². The Morgan fingerprint density at radius 2 is 1.76 bits per heavy atom. The number of rotatable bonds is 10. The first-order chi connectivity index (χ1) is 16.2. The van der Waals surface area contributed by atoms with Gasteiger partial charge in [0, 0.05) is 10.2 Å². The Labute approximate surface area is 208 Å². The van der Waals surface area contributed by atoms with Gasteiger partial charge in [-0.3, -0.25) is 9.52 Å². The predicted molar refractivity (Wildman–Crippen MR) is 136 cm³/mol. The lowest BCUT2D eigenvalue weighted by atomic mass is 10.1. The third-order valence-electron chi connectivity index (χ3n) is 4.96. The molecule has 9 heteroatoms. The van der Waals surface area contributed by atoms with Crippen LogP contribution >= 0.6 is 15.9 Å². The van der Waals surface area contributed by atoms with E-state index in [9.17, 15) is 13.2 Å². The van der Waals surface area contributed by atoms with Gasteiger partial charge < -0.3 is 14.8 Å². The molecule has 2 N–H and O–H groups in total. The maximum absolute atomic E-state index is 12.8. The maximum atomic E-state index is 12.8. The summed E-state index contributed by atoms with van der Waals surface area (Å²) in [4.78, 5) is 12.4. The van der Waals surface area contributed by atoms with Crippen LogP contribution in [0.3, 0.4) is 0 Å². The highest BCUT2D eigenvalue weighted by molar-refractivity contribution is 9.10. The largest absolute Gasteiger partial charge is 0.494 e. The van der Waals surface area contributed by atoms with Crippen molar-refractivity contribution in [2.45, 2.75) is 31.7 Å². The molecule has 3 aromatic carbocycles. The second-order valence-electron chi connectivity index (χ2n) is 7.62. The Morgan fingerprint density at radius 3 is 2.41 bits per heavy atom. The van der Waals surface area contributed by atoms with Crippen LogP contribution in [0.4, 0.5) is 5.69 Å². The summed E-state index contributed by atoms with van der Waals surface area (Å²) >= 11 is 3.42. The average molecular weight is 547 g/mol. The number of hydrogen-bond acceptors (Lipinski definition) is 5. The molecule has 0 heterocycles. The number of halogens is 1. The summed E-state index contributed by atoms with van der Waals surface area (Å²) in [5, 5.41) is 2.89. The van der Waals surface area contributed by atoms with Crippen molar-refractivity contribution in [3.05, 3.63) is 82.3 Å². The monoisotopic (exact) mass is 546 g/mol. The first kappa shape index (κ1) is 25.6. The van der Waals surface area contributed by atoms with Crippen LogP contribution in [0.15, 0.2) is 76.1 Å². The molecule has 34 heavy (non-hydrogen) atoms. The zero-order chi connectivity index (χ0) is 24.7. The molecule has 180 valence electrons. The molecule has 0 radical (unpaired) electrons. The van der Waals surface area contributed by atoms with Crippen LogP contribution in [-0.4, -0.2) is 27.5 Å². The summed E-state index contributed by atoms with van der Waals surface area (Å²) in [7, 11) is -3.79. The van der Waals surface area contributed by atoms with Crippen LogP contribution in [0, 0.1) is 6.92 Å². The number of anilines is 1. The van der Waals surface area contributed by atoms with E-state index in [1.165, 1.54) is 12.1 Å². The highest BCUT2D eigenvalue weighted by Gasteiger charge is 2.17. The van der Waals surface area contributed by atoms with E-state index >= 15 is 0 Å². The van der Waals surface area contributed by atoms with Gasteiger partial charge in [0.2, 0.25) is 0 Å². The van der Waals surface area contributed by atoms with E-state index in [2.05, 4.69) is 26.0 Å². The molecule has 3 rings (SSSR count). The second-order valence-corrected chi connectivity index (χ2v) is 10.2. The molecule has 0 fully saturated rings. The van der Waals surface area contributed by atoms with Gasteiger partial charge >= 0.3 is 0 Å². The van der Waals surface area contributed by atoms with E-state index in [-0.39, 0.29) is 23.5 Å². The minimum atomic E-state index is -3.79. The molecule has 0 saturated carbocycles. The van der Waals surface area contributed by atoms with Crippen molar-refractivity contribution in [2.24, 2.45) is 0 Å². The maximum Gasteiger partial charge on any atom is 0.261 e. The van der Waals surface area contributed by atoms with Gasteiger partial charge in [-0.1, -0.05) is 28.1 Å². The zero-order valence-corrected chi connectivity index (χ0v) is 21.6. The third-order valence-corrected chi connectivity index (χ3v) is 6.83. The van der Waals surface area contributed by atoms with E-state index in [1.54, 1.807) is 37.3 Å². The zero-order valence-electron chi connectivity index (χ0n) is 19.2. The van der Waals surface area contributed by atoms with Crippen molar-refractivity contribution in [1.82, 2.24) is 5.32 Å². The van der Waals surface area contributed by atoms with Crippen molar-refractivity contribution in [3.63, 3.8) is 0 Å². The van der Waals surface area contributed by atoms with Crippen molar-refractivity contribution in [2.75, 3.05) is 17.9 Å². The molecule has 0 saturated heterocycles. The lowest BCUT2D eigenvalue weighted by molar-refractivity contribution is -0.123. The Balaban J connectivity index is 1.60. The molecule has 1 atom stereocenters. The molecule has 0 bridgehead atoms. The fourth-order valence-corrected chi connectivity index (χ4v) is 4.80. The number of aryl methyl sites for hydroxylation is 1. The van der Waals surface area contributed by atoms with E-state index in [0.717, 1.165) is 10.0 Å². The molecular formula is C25H27BrN2O5S. The summed E-state index contributed by atoms with van der Waals surface area (Å²) in [6.07, 6.45) is 0. The van der Waals surface area contributed by atoms with Crippen LogP contribution in [0.2, 0.25) is 0 Å². The molecule has 0 aliphatic rings. The van der Waals surface area contributed by atoms with E-state index < -0.39 is 10.0 Å². The summed E-state index contributed by atoms with van der Waals surface area (Å²) in [6.45, 7) is 5.85. The standard InChI is InChI=1S/C25H27BrN2O5S/c1-4-32-22-10-8-21(9-11-22)28-34(30,31)23-12-13-24(17(2)14-23)33-16-25(29)27-18(3)19-6-5-7-20(26)15-19/h5-15,18,28H,4,16H2,1-3H3,(H,27,29)/t18-/m0/s1. The Morgan fingerprint density at radius 1 is 1.03 bits per heavy atom. The van der Waals surface area contributed by atoms with Gasteiger partial charge in [-0.25, -0.2) is 8.42 Å². The first-order valence-electron chi connectivity index (χ1n) is 10.7. The van der Waals surface area contributed by atoms with E-state index in [1.807, 2.05) is 38.1 Å². The molecule has 0 unspecified atom stereocenters. The number of carbonyl (C=O) groups is 1. The number of carbonyl (C=O) groups excluding carboxylic acids is 1. The lowest BCUT2D eigenvalue weighted by Gasteiger charge is -2.16. The molecule has 7 nitrogen and oxygen atoms in total. The van der Waals surface area contributed by atoms with Gasteiger partial charge in [-0.15, -0.1) is 0 Å². The number of nitrogens with one attached hydrogen (secondary N) is 2. The topological polar surface area (TPSA) is 93.7 Å². The fourth-order valence-electron chi connectivity index (χ4n) is 3.24. The fraction of sp³-hybridized carbons (Fsp3) is 0.240. The van der Waals surface area contributed by atoms with Gasteiger partial charge in [0.05, 0.1) is 17.5 Å². The Kier molecular flexibility index (Phi) is 8.57. The van der Waals surface area contributed by atoms with Crippen LogP contribution in [0.1, 0.15) is 31.0 Å². The van der Waals surface area contributed by atoms with Crippen molar-refractivity contribution >= 4 is 37.5 Å². The van der Waals surface area contributed by atoms with Crippen LogP contribution < -0.4 is 19.5 Å². The lowest BCUT2D eigenvalue weighted by Crippen LogP contribution is -2.31. The molecule has 0 spiro atoms. The minimum absolute atomic E-state index is 0.0963.